The molecule has 14 heavy (non-hydrogen) atoms. The molecule has 0 aliphatic rings. The second-order valence-electron chi connectivity index (χ2n) is 2.80. The Morgan fingerprint density at radius 2 is 2.36 bits per heavy atom. The van der Waals surface area contributed by atoms with Crippen LogP contribution in [0.25, 0.3) is 0 Å². The van der Waals surface area contributed by atoms with Gasteiger partial charge in [0.15, 0.2) is 10.8 Å². The second kappa shape index (κ2) is 4.88. The number of carbonyl (C=O) groups is 1. The lowest BCUT2D eigenvalue weighted by Crippen LogP contribution is -2.35. The Bertz CT molecular complexity index is 315. The van der Waals surface area contributed by atoms with Crippen LogP contribution in [0.1, 0.15) is 17.4 Å². The molecule has 0 spiro atoms. The van der Waals surface area contributed by atoms with E-state index in [1.807, 2.05) is 0 Å². The van der Waals surface area contributed by atoms with Gasteiger partial charge < -0.3 is 10.4 Å². The van der Waals surface area contributed by atoms with Crippen LogP contribution in [0, 0.1) is 0 Å². The van der Waals surface area contributed by atoms with Crippen molar-refractivity contribution in [2.75, 3.05) is 6.61 Å². The van der Waals surface area contributed by atoms with Crippen LogP contribution in [0.4, 0.5) is 0 Å². The number of hydrogen-bond donors (Lipinski definition) is 2. The number of aliphatic hydroxyl groups is 1. The molecule has 0 aliphatic carbocycles. The molecule has 1 aromatic heterocycles. The second-order valence-corrected chi connectivity index (χ2v) is 3.19. The first-order chi connectivity index (χ1) is 6.63. The molecule has 0 bridgehead atoms. The van der Waals surface area contributed by atoms with E-state index in [9.17, 15) is 4.79 Å². The van der Waals surface area contributed by atoms with Gasteiger partial charge in [-0.1, -0.05) is 11.6 Å². The Morgan fingerprint density at radius 3 is 2.86 bits per heavy atom. The molecule has 0 fully saturated rings. The van der Waals surface area contributed by atoms with Crippen molar-refractivity contribution in [1.82, 2.24) is 15.5 Å². The van der Waals surface area contributed by atoms with Gasteiger partial charge in [-0.05, 0) is 19.1 Å². The molecule has 1 aromatic rings. The quantitative estimate of drug-likeness (QED) is 0.758. The molecule has 0 unspecified atom stereocenters. The fourth-order valence-corrected chi connectivity index (χ4v) is 0.881. The van der Waals surface area contributed by atoms with Gasteiger partial charge in [-0.15, -0.1) is 10.2 Å². The molecule has 0 aliphatic heterocycles. The molecule has 0 aromatic carbocycles. The minimum atomic E-state index is -0.379. The summed E-state index contributed by atoms with van der Waals surface area (Å²) >= 11 is 5.50. The summed E-state index contributed by atoms with van der Waals surface area (Å²) in [5, 5.41) is 18.6. The minimum Gasteiger partial charge on any atom is -0.394 e. The van der Waals surface area contributed by atoms with Crippen LogP contribution in [-0.2, 0) is 0 Å². The summed E-state index contributed by atoms with van der Waals surface area (Å²) in [5.41, 5.74) is 0.176. The van der Waals surface area contributed by atoms with E-state index in [-0.39, 0.29) is 29.4 Å². The number of rotatable bonds is 3. The molecule has 0 saturated carbocycles. The maximum Gasteiger partial charge on any atom is 0.272 e. The van der Waals surface area contributed by atoms with Crippen LogP contribution in [-0.4, -0.2) is 33.9 Å². The molecular weight excluding hydrogens is 206 g/mol. The predicted molar refractivity (Wildman–Crippen MR) is 51.1 cm³/mol. The average molecular weight is 216 g/mol. The van der Waals surface area contributed by atoms with E-state index in [0.717, 1.165) is 0 Å². The molecule has 0 radical (unpaired) electrons. The number of hydrogen-bond acceptors (Lipinski definition) is 4. The zero-order chi connectivity index (χ0) is 10.6. The van der Waals surface area contributed by atoms with Gasteiger partial charge in [-0.2, -0.15) is 0 Å². The Morgan fingerprint density at radius 1 is 1.64 bits per heavy atom. The zero-order valence-corrected chi connectivity index (χ0v) is 8.32. The Balaban J connectivity index is 2.65. The topological polar surface area (TPSA) is 75.1 Å². The Kier molecular flexibility index (Phi) is 3.79. The van der Waals surface area contributed by atoms with Crippen LogP contribution >= 0.6 is 11.6 Å². The summed E-state index contributed by atoms with van der Waals surface area (Å²) in [6.45, 7) is 1.56. The molecular formula is C8H10ClN3O2. The van der Waals surface area contributed by atoms with Gasteiger partial charge in [-0.25, -0.2) is 0 Å². The van der Waals surface area contributed by atoms with Gasteiger partial charge in [0.2, 0.25) is 0 Å². The predicted octanol–water partition coefficient (Wildman–Crippen LogP) is 0.241. The largest absolute Gasteiger partial charge is 0.394 e. The highest BCUT2D eigenvalue weighted by atomic mass is 35.5. The molecule has 76 valence electrons. The fraction of sp³-hybridized carbons (Fsp3) is 0.375. The maximum absolute atomic E-state index is 11.4. The smallest absolute Gasteiger partial charge is 0.272 e. The number of carbonyl (C=O) groups excluding carboxylic acids is 1. The maximum atomic E-state index is 11.4. The zero-order valence-electron chi connectivity index (χ0n) is 7.57. The first-order valence-corrected chi connectivity index (χ1v) is 4.42. The highest BCUT2D eigenvalue weighted by molar-refractivity contribution is 6.29. The van der Waals surface area contributed by atoms with E-state index < -0.39 is 0 Å². The van der Waals surface area contributed by atoms with Crippen molar-refractivity contribution in [3.8, 4) is 0 Å². The lowest BCUT2D eigenvalue weighted by Gasteiger charge is -2.09. The highest BCUT2D eigenvalue weighted by Crippen LogP contribution is 2.02. The van der Waals surface area contributed by atoms with Crippen molar-refractivity contribution < 1.29 is 9.90 Å². The van der Waals surface area contributed by atoms with Crippen LogP contribution < -0.4 is 5.32 Å². The SMILES string of the molecule is C[C@H](CO)NC(=O)c1ccc(Cl)nn1. The summed E-state index contributed by atoms with van der Waals surface area (Å²) in [5.74, 6) is -0.379. The van der Waals surface area contributed by atoms with E-state index in [1.54, 1.807) is 6.92 Å². The summed E-state index contributed by atoms with van der Waals surface area (Å²) in [7, 11) is 0. The lowest BCUT2D eigenvalue weighted by molar-refractivity contribution is 0.0916. The van der Waals surface area contributed by atoms with E-state index in [1.165, 1.54) is 12.1 Å². The number of nitrogens with one attached hydrogen (secondary N) is 1. The van der Waals surface area contributed by atoms with Gasteiger partial charge in [0.05, 0.1) is 6.61 Å². The van der Waals surface area contributed by atoms with E-state index in [2.05, 4.69) is 15.5 Å². The van der Waals surface area contributed by atoms with Crippen LogP contribution in [0.2, 0.25) is 5.15 Å². The molecule has 1 rings (SSSR count). The van der Waals surface area contributed by atoms with Crippen molar-refractivity contribution in [3.05, 3.63) is 23.0 Å². The average Bonchev–Trinajstić information content (AvgIpc) is 2.18. The number of halogens is 1. The monoisotopic (exact) mass is 215 g/mol. The van der Waals surface area contributed by atoms with Crippen LogP contribution in [0.3, 0.4) is 0 Å². The summed E-state index contributed by atoms with van der Waals surface area (Å²) < 4.78 is 0. The van der Waals surface area contributed by atoms with Crippen molar-refractivity contribution in [1.29, 1.82) is 0 Å². The number of nitrogens with zero attached hydrogens (tertiary/aromatic N) is 2. The Hall–Kier alpha value is -1.20. The molecule has 0 saturated heterocycles. The van der Waals surface area contributed by atoms with Crippen LogP contribution in [0.15, 0.2) is 12.1 Å². The van der Waals surface area contributed by atoms with Crippen molar-refractivity contribution in [2.24, 2.45) is 0 Å². The van der Waals surface area contributed by atoms with Crippen molar-refractivity contribution in [3.63, 3.8) is 0 Å². The molecule has 6 heteroatoms. The van der Waals surface area contributed by atoms with E-state index in [0.29, 0.717) is 0 Å². The van der Waals surface area contributed by atoms with Crippen molar-refractivity contribution in [2.45, 2.75) is 13.0 Å². The standard InChI is InChI=1S/C8H10ClN3O2/c1-5(4-13)10-8(14)6-2-3-7(9)12-11-6/h2-3,5,13H,4H2,1H3,(H,10,14)/t5-/m1/s1. The number of amides is 1. The number of aliphatic hydroxyl groups excluding tert-OH is 1. The molecule has 2 N–H and O–H groups in total. The van der Waals surface area contributed by atoms with Crippen molar-refractivity contribution >= 4 is 17.5 Å². The molecule has 5 nitrogen and oxygen atoms in total. The highest BCUT2D eigenvalue weighted by Gasteiger charge is 2.10. The number of aromatic nitrogens is 2. The third-order valence-electron chi connectivity index (χ3n) is 1.52. The van der Waals surface area contributed by atoms with Gasteiger partial charge in [-0.3, -0.25) is 4.79 Å². The van der Waals surface area contributed by atoms with E-state index >= 15 is 0 Å². The normalized spacial score (nSPS) is 12.2. The summed E-state index contributed by atoms with van der Waals surface area (Å²) in [4.78, 5) is 11.4. The third kappa shape index (κ3) is 2.93. The Labute approximate surface area is 86.1 Å². The first-order valence-electron chi connectivity index (χ1n) is 4.04. The summed E-state index contributed by atoms with van der Waals surface area (Å²) in [6.07, 6.45) is 0. The van der Waals surface area contributed by atoms with Gasteiger partial charge in [0.1, 0.15) is 0 Å². The van der Waals surface area contributed by atoms with Gasteiger partial charge >= 0.3 is 0 Å². The lowest BCUT2D eigenvalue weighted by atomic mass is 10.3. The van der Waals surface area contributed by atoms with Gasteiger partial charge in [0.25, 0.3) is 5.91 Å². The van der Waals surface area contributed by atoms with Crippen LogP contribution in [0.5, 0.6) is 0 Å². The minimum absolute atomic E-state index is 0.118. The van der Waals surface area contributed by atoms with E-state index in [4.69, 9.17) is 16.7 Å². The first kappa shape index (κ1) is 10.9. The molecule has 1 atom stereocenters. The fourth-order valence-electron chi connectivity index (χ4n) is 0.780. The molecule has 1 heterocycles. The summed E-state index contributed by atoms with van der Waals surface area (Å²) in [6, 6.07) is 2.64. The molecule has 1 amide bonds. The third-order valence-corrected chi connectivity index (χ3v) is 1.72. The van der Waals surface area contributed by atoms with Gasteiger partial charge in [0, 0.05) is 6.04 Å².